The molecule has 0 bridgehead atoms. The van der Waals surface area contributed by atoms with Gasteiger partial charge in [-0.15, -0.1) is 0 Å². The summed E-state index contributed by atoms with van der Waals surface area (Å²) in [6.07, 6.45) is 5.05. The highest BCUT2D eigenvalue weighted by molar-refractivity contribution is 6.30. The van der Waals surface area contributed by atoms with Gasteiger partial charge in [-0.3, -0.25) is 4.79 Å². The van der Waals surface area contributed by atoms with E-state index in [1.54, 1.807) is 30.3 Å². The van der Waals surface area contributed by atoms with Crippen LogP contribution in [0.3, 0.4) is 0 Å². The standard InChI is InChI=1S/C11H11ClN2O/c1-2-3-8-13-14-11(15)9-4-6-10(12)7-5-9/h2-8H,1H3,(H,14,15)/b3-2+,13-8+. The molecule has 0 heterocycles. The molecule has 0 unspecified atom stereocenters. The Kier molecular flexibility index (Phi) is 4.57. The largest absolute Gasteiger partial charge is 0.271 e. The molecule has 1 N–H and O–H groups in total. The Morgan fingerprint density at radius 1 is 1.40 bits per heavy atom. The summed E-state index contributed by atoms with van der Waals surface area (Å²) in [5, 5.41) is 4.32. The van der Waals surface area contributed by atoms with Crippen LogP contribution in [0.25, 0.3) is 0 Å². The van der Waals surface area contributed by atoms with Gasteiger partial charge in [0.1, 0.15) is 0 Å². The normalized spacial score (nSPS) is 11.1. The summed E-state index contributed by atoms with van der Waals surface area (Å²) in [5.41, 5.74) is 2.91. The van der Waals surface area contributed by atoms with E-state index in [2.05, 4.69) is 10.5 Å². The fourth-order valence-corrected chi connectivity index (χ4v) is 1.02. The second kappa shape index (κ2) is 5.98. The van der Waals surface area contributed by atoms with Crippen molar-refractivity contribution in [2.24, 2.45) is 5.10 Å². The molecule has 1 aromatic carbocycles. The van der Waals surface area contributed by atoms with Gasteiger partial charge in [0, 0.05) is 16.8 Å². The first-order valence-corrected chi connectivity index (χ1v) is 4.82. The zero-order chi connectivity index (χ0) is 11.1. The van der Waals surface area contributed by atoms with Crippen LogP contribution in [-0.4, -0.2) is 12.1 Å². The van der Waals surface area contributed by atoms with Gasteiger partial charge in [0.05, 0.1) is 0 Å². The zero-order valence-electron chi connectivity index (χ0n) is 8.27. The topological polar surface area (TPSA) is 41.5 Å². The van der Waals surface area contributed by atoms with E-state index in [-0.39, 0.29) is 5.91 Å². The van der Waals surface area contributed by atoms with Crippen LogP contribution in [0.5, 0.6) is 0 Å². The molecule has 0 aliphatic rings. The summed E-state index contributed by atoms with van der Waals surface area (Å²) < 4.78 is 0. The minimum atomic E-state index is -0.257. The minimum Gasteiger partial charge on any atom is -0.267 e. The zero-order valence-corrected chi connectivity index (χ0v) is 9.03. The summed E-state index contributed by atoms with van der Waals surface area (Å²) in [6.45, 7) is 1.87. The van der Waals surface area contributed by atoms with Crippen molar-refractivity contribution in [1.29, 1.82) is 0 Å². The van der Waals surface area contributed by atoms with Crippen LogP contribution in [0, 0.1) is 0 Å². The van der Waals surface area contributed by atoms with Crippen molar-refractivity contribution in [1.82, 2.24) is 5.43 Å². The number of amides is 1. The van der Waals surface area contributed by atoms with Crippen molar-refractivity contribution in [3.05, 3.63) is 47.0 Å². The van der Waals surface area contributed by atoms with Gasteiger partial charge in [0.25, 0.3) is 5.91 Å². The average molecular weight is 223 g/mol. The van der Waals surface area contributed by atoms with Gasteiger partial charge in [-0.25, -0.2) is 5.43 Å². The first kappa shape index (κ1) is 11.5. The molecular formula is C11H11ClN2O. The van der Waals surface area contributed by atoms with E-state index >= 15 is 0 Å². The van der Waals surface area contributed by atoms with E-state index in [9.17, 15) is 4.79 Å². The molecule has 0 aromatic heterocycles. The van der Waals surface area contributed by atoms with Crippen LogP contribution in [0.2, 0.25) is 5.02 Å². The number of benzene rings is 1. The lowest BCUT2D eigenvalue weighted by molar-refractivity contribution is 0.0955. The van der Waals surface area contributed by atoms with E-state index in [0.29, 0.717) is 10.6 Å². The predicted octanol–water partition coefficient (Wildman–Crippen LogP) is 2.63. The van der Waals surface area contributed by atoms with Crippen LogP contribution in [0.4, 0.5) is 0 Å². The molecule has 0 radical (unpaired) electrons. The van der Waals surface area contributed by atoms with Gasteiger partial charge in [-0.05, 0) is 37.3 Å². The highest BCUT2D eigenvalue weighted by Gasteiger charge is 2.02. The van der Waals surface area contributed by atoms with Gasteiger partial charge in [0.2, 0.25) is 0 Å². The maximum Gasteiger partial charge on any atom is 0.271 e. The van der Waals surface area contributed by atoms with Crippen LogP contribution in [-0.2, 0) is 0 Å². The van der Waals surface area contributed by atoms with E-state index in [0.717, 1.165) is 0 Å². The summed E-state index contributed by atoms with van der Waals surface area (Å²) in [7, 11) is 0. The first-order valence-electron chi connectivity index (χ1n) is 4.44. The number of rotatable bonds is 3. The molecule has 0 saturated heterocycles. The molecule has 1 aromatic rings. The maximum atomic E-state index is 11.4. The number of nitrogens with one attached hydrogen (secondary N) is 1. The van der Waals surface area contributed by atoms with Gasteiger partial charge >= 0.3 is 0 Å². The molecule has 3 nitrogen and oxygen atoms in total. The molecule has 15 heavy (non-hydrogen) atoms. The van der Waals surface area contributed by atoms with E-state index in [1.165, 1.54) is 6.21 Å². The highest BCUT2D eigenvalue weighted by Crippen LogP contribution is 2.09. The maximum absolute atomic E-state index is 11.4. The molecule has 0 aliphatic carbocycles. The van der Waals surface area contributed by atoms with Crippen molar-refractivity contribution in [2.75, 3.05) is 0 Å². The van der Waals surface area contributed by atoms with Crippen LogP contribution in [0.1, 0.15) is 17.3 Å². The number of hydrogen-bond donors (Lipinski definition) is 1. The van der Waals surface area contributed by atoms with Crippen LogP contribution in [0.15, 0.2) is 41.5 Å². The number of carbonyl (C=O) groups excluding carboxylic acids is 1. The third-order valence-electron chi connectivity index (χ3n) is 1.63. The number of carbonyl (C=O) groups is 1. The lowest BCUT2D eigenvalue weighted by Gasteiger charge is -1.98. The monoisotopic (exact) mass is 222 g/mol. The summed E-state index contributed by atoms with van der Waals surface area (Å²) in [5.74, 6) is -0.257. The average Bonchev–Trinajstić information content (AvgIpc) is 2.25. The van der Waals surface area contributed by atoms with Gasteiger partial charge < -0.3 is 0 Å². The third-order valence-corrected chi connectivity index (χ3v) is 1.88. The second-order valence-corrected chi connectivity index (χ2v) is 3.19. The Bertz CT molecular complexity index is 382. The molecule has 0 spiro atoms. The molecule has 0 atom stereocenters. The SMILES string of the molecule is C/C=C/C=N/NC(=O)c1ccc(Cl)cc1. The third kappa shape index (κ3) is 3.95. The molecular weight excluding hydrogens is 212 g/mol. The molecule has 0 fully saturated rings. The Morgan fingerprint density at radius 2 is 2.07 bits per heavy atom. The number of nitrogens with zero attached hydrogens (tertiary/aromatic N) is 1. The summed E-state index contributed by atoms with van der Waals surface area (Å²) in [6, 6.07) is 6.60. The molecule has 1 amide bonds. The van der Waals surface area contributed by atoms with Gasteiger partial charge in [0.15, 0.2) is 0 Å². The van der Waals surface area contributed by atoms with Crippen molar-refractivity contribution >= 4 is 23.7 Å². The van der Waals surface area contributed by atoms with Crippen molar-refractivity contribution in [3.8, 4) is 0 Å². The van der Waals surface area contributed by atoms with Gasteiger partial charge in [-0.1, -0.05) is 17.7 Å². The lowest BCUT2D eigenvalue weighted by Crippen LogP contribution is -2.17. The molecule has 1 rings (SSSR count). The molecule has 0 saturated carbocycles. The van der Waals surface area contributed by atoms with Crippen LogP contribution >= 0.6 is 11.6 Å². The number of hydrogen-bond acceptors (Lipinski definition) is 2. The summed E-state index contributed by atoms with van der Waals surface area (Å²) in [4.78, 5) is 11.4. The van der Waals surface area contributed by atoms with Crippen LogP contribution < -0.4 is 5.43 Å². The first-order chi connectivity index (χ1) is 7.24. The smallest absolute Gasteiger partial charge is 0.267 e. The Balaban J connectivity index is 2.58. The molecule has 4 heteroatoms. The van der Waals surface area contributed by atoms with E-state index in [4.69, 9.17) is 11.6 Å². The fourth-order valence-electron chi connectivity index (χ4n) is 0.891. The number of hydrazone groups is 1. The predicted molar refractivity (Wildman–Crippen MR) is 62.2 cm³/mol. The Morgan fingerprint density at radius 3 is 2.67 bits per heavy atom. The van der Waals surface area contributed by atoms with Gasteiger partial charge in [-0.2, -0.15) is 5.10 Å². The highest BCUT2D eigenvalue weighted by atomic mass is 35.5. The quantitative estimate of drug-likeness (QED) is 0.620. The Labute approximate surface area is 93.4 Å². The number of halogens is 1. The minimum absolute atomic E-state index is 0.257. The van der Waals surface area contributed by atoms with E-state index in [1.807, 2.05) is 13.0 Å². The number of allylic oxidation sites excluding steroid dienone is 2. The lowest BCUT2D eigenvalue weighted by atomic mass is 10.2. The summed E-state index contributed by atoms with van der Waals surface area (Å²) >= 11 is 5.69. The molecule has 0 aliphatic heterocycles. The fraction of sp³-hybridized carbons (Fsp3) is 0.0909. The second-order valence-electron chi connectivity index (χ2n) is 2.75. The van der Waals surface area contributed by atoms with Crippen molar-refractivity contribution in [2.45, 2.75) is 6.92 Å². The molecule has 78 valence electrons. The van der Waals surface area contributed by atoms with E-state index < -0.39 is 0 Å². The van der Waals surface area contributed by atoms with Crippen molar-refractivity contribution < 1.29 is 4.79 Å². The van der Waals surface area contributed by atoms with Crippen molar-refractivity contribution in [3.63, 3.8) is 0 Å². The Hall–Kier alpha value is -1.61.